The van der Waals surface area contributed by atoms with E-state index >= 15 is 0 Å². The smallest absolute Gasteiger partial charge is 0.263 e. The molecule has 1 saturated heterocycles. The normalized spacial score (nSPS) is 14.5. The lowest BCUT2D eigenvalue weighted by Gasteiger charge is -2.15. The molecular formula is C15H9ClN2O3S2. The molecule has 0 unspecified atom stereocenters. The monoisotopic (exact) mass is 364 g/mol. The van der Waals surface area contributed by atoms with E-state index < -0.39 is 11.8 Å². The van der Waals surface area contributed by atoms with Crippen molar-refractivity contribution < 1.29 is 14.0 Å². The van der Waals surface area contributed by atoms with Gasteiger partial charge in [0.25, 0.3) is 11.8 Å². The molecule has 2 aromatic rings. The van der Waals surface area contributed by atoms with Crippen molar-refractivity contribution in [2.75, 3.05) is 0 Å². The molecule has 8 heteroatoms. The topological polar surface area (TPSA) is 71.3 Å². The fourth-order valence-corrected chi connectivity index (χ4v) is 2.92. The van der Waals surface area contributed by atoms with Crippen LogP contribution in [0.3, 0.4) is 0 Å². The summed E-state index contributed by atoms with van der Waals surface area (Å²) in [7, 11) is 0. The SMILES string of the molecule is O=C1NC(=S)NC(=O)C1=Cc1ccc(Sc2ccc(Cl)cc2)o1. The minimum atomic E-state index is -0.554. The molecule has 23 heavy (non-hydrogen) atoms. The zero-order chi connectivity index (χ0) is 16.4. The highest BCUT2D eigenvalue weighted by Gasteiger charge is 2.26. The maximum atomic E-state index is 11.8. The number of thiocarbonyl (C=S) groups is 1. The second kappa shape index (κ2) is 6.57. The van der Waals surface area contributed by atoms with E-state index in [2.05, 4.69) is 10.6 Å². The molecule has 0 aliphatic carbocycles. The van der Waals surface area contributed by atoms with Gasteiger partial charge in [-0.2, -0.15) is 0 Å². The number of hydrogen-bond donors (Lipinski definition) is 2. The van der Waals surface area contributed by atoms with E-state index in [1.54, 1.807) is 24.3 Å². The van der Waals surface area contributed by atoms with Crippen molar-refractivity contribution in [3.8, 4) is 0 Å². The lowest BCUT2D eigenvalue weighted by molar-refractivity contribution is -0.123. The van der Waals surface area contributed by atoms with E-state index in [9.17, 15) is 9.59 Å². The Morgan fingerprint density at radius 3 is 2.35 bits per heavy atom. The molecule has 1 fully saturated rings. The van der Waals surface area contributed by atoms with Gasteiger partial charge in [-0.3, -0.25) is 20.2 Å². The molecule has 116 valence electrons. The van der Waals surface area contributed by atoms with Gasteiger partial charge in [-0.25, -0.2) is 0 Å². The van der Waals surface area contributed by atoms with Gasteiger partial charge in [0.1, 0.15) is 11.3 Å². The summed E-state index contributed by atoms with van der Waals surface area (Å²) >= 11 is 12.0. The Balaban J connectivity index is 1.78. The van der Waals surface area contributed by atoms with Crippen molar-refractivity contribution in [2.45, 2.75) is 9.99 Å². The van der Waals surface area contributed by atoms with Crippen molar-refractivity contribution in [3.63, 3.8) is 0 Å². The zero-order valence-corrected chi connectivity index (χ0v) is 13.8. The Kier molecular flexibility index (Phi) is 4.51. The standard InChI is InChI=1S/C15H9ClN2O3S2/c16-8-1-4-10(5-2-8)23-12-6-3-9(21-12)7-11-13(19)17-15(22)18-14(11)20/h1-7H,(H2,17,18,19,20,22). The first kappa shape index (κ1) is 15.8. The quantitative estimate of drug-likeness (QED) is 0.497. The number of rotatable bonds is 3. The third kappa shape index (κ3) is 3.82. The Bertz CT molecular complexity index is 806. The second-order valence-corrected chi connectivity index (χ2v) is 6.43. The van der Waals surface area contributed by atoms with Gasteiger partial charge in [0.2, 0.25) is 0 Å². The van der Waals surface area contributed by atoms with Crippen molar-refractivity contribution >= 4 is 58.6 Å². The maximum Gasteiger partial charge on any atom is 0.263 e. The van der Waals surface area contributed by atoms with Crippen molar-refractivity contribution in [3.05, 3.63) is 52.8 Å². The summed E-state index contributed by atoms with van der Waals surface area (Å²) in [4.78, 5) is 24.5. The van der Waals surface area contributed by atoms with Crippen molar-refractivity contribution in [1.29, 1.82) is 0 Å². The zero-order valence-electron chi connectivity index (χ0n) is 11.5. The van der Waals surface area contributed by atoms with Crippen LogP contribution in [0.2, 0.25) is 5.02 Å². The molecule has 2 amide bonds. The van der Waals surface area contributed by atoms with Crippen LogP contribution in [0.25, 0.3) is 6.08 Å². The van der Waals surface area contributed by atoms with Gasteiger partial charge < -0.3 is 4.42 Å². The van der Waals surface area contributed by atoms with Crippen LogP contribution >= 0.6 is 35.6 Å². The predicted molar refractivity (Wildman–Crippen MR) is 91.1 cm³/mol. The van der Waals surface area contributed by atoms with Gasteiger partial charge in [0.05, 0.1) is 0 Å². The highest BCUT2D eigenvalue weighted by molar-refractivity contribution is 7.99. The van der Waals surface area contributed by atoms with Crippen LogP contribution in [-0.2, 0) is 9.59 Å². The van der Waals surface area contributed by atoms with Gasteiger partial charge in [-0.05, 0) is 54.7 Å². The van der Waals surface area contributed by atoms with E-state index in [1.807, 2.05) is 12.1 Å². The number of hydrogen-bond acceptors (Lipinski definition) is 5. The van der Waals surface area contributed by atoms with E-state index in [4.69, 9.17) is 28.2 Å². The van der Waals surface area contributed by atoms with E-state index in [0.717, 1.165) is 4.90 Å². The third-order valence-corrected chi connectivity index (χ3v) is 4.25. The number of amides is 2. The molecule has 0 bridgehead atoms. The number of nitrogens with one attached hydrogen (secondary N) is 2. The number of carbonyl (C=O) groups excluding carboxylic acids is 2. The predicted octanol–water partition coefficient (Wildman–Crippen LogP) is 3.00. The molecule has 0 spiro atoms. The summed E-state index contributed by atoms with van der Waals surface area (Å²) in [5, 5.41) is 6.02. The number of halogens is 1. The van der Waals surface area contributed by atoms with Crippen LogP contribution < -0.4 is 10.6 Å². The Morgan fingerprint density at radius 1 is 1.04 bits per heavy atom. The second-order valence-electron chi connectivity index (χ2n) is 4.51. The van der Waals surface area contributed by atoms with E-state index in [1.165, 1.54) is 17.8 Å². The molecule has 1 aliphatic heterocycles. The molecule has 0 atom stereocenters. The lowest BCUT2D eigenvalue weighted by atomic mass is 10.1. The van der Waals surface area contributed by atoms with Gasteiger partial charge in [-0.1, -0.05) is 23.4 Å². The molecule has 5 nitrogen and oxygen atoms in total. The largest absolute Gasteiger partial charge is 0.450 e. The molecule has 1 aromatic heterocycles. The highest BCUT2D eigenvalue weighted by atomic mass is 35.5. The average molecular weight is 365 g/mol. The summed E-state index contributed by atoms with van der Waals surface area (Å²) < 4.78 is 5.60. The van der Waals surface area contributed by atoms with E-state index in [0.29, 0.717) is 15.9 Å². The summed E-state index contributed by atoms with van der Waals surface area (Å²) in [6, 6.07) is 10.8. The minimum Gasteiger partial charge on any atom is -0.450 e. The Labute approximate surface area is 146 Å². The first-order valence-corrected chi connectivity index (χ1v) is 8.03. The van der Waals surface area contributed by atoms with Crippen LogP contribution in [0.4, 0.5) is 0 Å². The minimum absolute atomic E-state index is 0.00409. The average Bonchev–Trinajstić information content (AvgIpc) is 2.93. The number of carbonyl (C=O) groups is 2. The van der Waals surface area contributed by atoms with Gasteiger partial charge in [0.15, 0.2) is 10.2 Å². The van der Waals surface area contributed by atoms with Crippen LogP contribution in [0.15, 0.2) is 56.4 Å². The highest BCUT2D eigenvalue weighted by Crippen LogP contribution is 2.30. The number of benzene rings is 1. The van der Waals surface area contributed by atoms with Crippen molar-refractivity contribution in [1.82, 2.24) is 10.6 Å². The molecule has 1 aromatic carbocycles. The van der Waals surface area contributed by atoms with Gasteiger partial charge in [0, 0.05) is 9.92 Å². The summed E-state index contributed by atoms with van der Waals surface area (Å²) in [6.45, 7) is 0. The van der Waals surface area contributed by atoms with Crippen molar-refractivity contribution in [2.24, 2.45) is 0 Å². The Morgan fingerprint density at radius 2 is 1.70 bits per heavy atom. The van der Waals surface area contributed by atoms with Crippen LogP contribution in [0.5, 0.6) is 0 Å². The molecule has 1 aliphatic rings. The molecule has 0 radical (unpaired) electrons. The fraction of sp³-hybridized carbons (Fsp3) is 0. The van der Waals surface area contributed by atoms with E-state index in [-0.39, 0.29) is 10.7 Å². The van der Waals surface area contributed by atoms with Gasteiger partial charge in [-0.15, -0.1) is 0 Å². The Hall–Kier alpha value is -2.09. The first-order valence-electron chi connectivity index (χ1n) is 6.43. The van der Waals surface area contributed by atoms with Crippen LogP contribution in [0.1, 0.15) is 5.76 Å². The maximum absolute atomic E-state index is 11.8. The molecule has 2 N–H and O–H groups in total. The summed E-state index contributed by atoms with van der Waals surface area (Å²) in [6.07, 6.45) is 1.37. The lowest BCUT2D eigenvalue weighted by Crippen LogP contribution is -2.51. The number of furan rings is 1. The summed E-state index contributed by atoms with van der Waals surface area (Å²) in [5.41, 5.74) is -0.0593. The van der Waals surface area contributed by atoms with Crippen LogP contribution in [0, 0.1) is 0 Å². The molecule has 3 rings (SSSR count). The molecule has 0 saturated carbocycles. The third-order valence-electron chi connectivity index (χ3n) is 2.86. The first-order chi connectivity index (χ1) is 11.0. The molecular weight excluding hydrogens is 356 g/mol. The fourth-order valence-electron chi connectivity index (χ4n) is 1.83. The van der Waals surface area contributed by atoms with Crippen LogP contribution in [-0.4, -0.2) is 16.9 Å². The molecule has 2 heterocycles. The van der Waals surface area contributed by atoms with Gasteiger partial charge >= 0.3 is 0 Å². The summed E-state index contributed by atoms with van der Waals surface area (Å²) in [5.74, 6) is -0.710.